The molecule has 1 aliphatic rings. The molecule has 0 amide bonds. The van der Waals surface area contributed by atoms with E-state index in [0.29, 0.717) is 51.6 Å². The molecule has 0 aliphatic heterocycles. The topological polar surface area (TPSA) is 78.6 Å². The van der Waals surface area contributed by atoms with Crippen molar-refractivity contribution in [1.82, 2.24) is 19.6 Å². The standard InChI is InChI=1S/C24H21ClN4O3S/c1-31-21-8-7-14(11-22(21)32-2)16-9-19-17(20(30)10-16)12-29-23(26-19)27-24(28-29)33-13-15-5-3-4-6-18(15)25/h3-8,11-12,16H,9-10,13H2,1-2H3/t16-/m0/s1. The lowest BCUT2D eigenvalue weighted by molar-refractivity contribution is 0.0962. The summed E-state index contributed by atoms with van der Waals surface area (Å²) in [6.45, 7) is 0. The molecule has 5 rings (SSSR count). The summed E-state index contributed by atoms with van der Waals surface area (Å²) >= 11 is 7.73. The maximum Gasteiger partial charge on any atom is 0.253 e. The van der Waals surface area contributed by atoms with Crippen LogP contribution in [0.15, 0.2) is 53.8 Å². The van der Waals surface area contributed by atoms with E-state index >= 15 is 0 Å². The number of fused-ring (bicyclic) bond motifs is 2. The molecule has 0 spiro atoms. The predicted molar refractivity (Wildman–Crippen MR) is 127 cm³/mol. The van der Waals surface area contributed by atoms with Crippen LogP contribution in [0.3, 0.4) is 0 Å². The van der Waals surface area contributed by atoms with Gasteiger partial charge in [-0.05, 0) is 41.7 Å². The Bertz CT molecular complexity index is 1360. The number of Topliss-reactive ketones (excluding diaryl/α,β-unsaturated/α-hetero) is 1. The van der Waals surface area contributed by atoms with Crippen LogP contribution in [0.4, 0.5) is 0 Å². The first-order chi connectivity index (χ1) is 16.1. The molecule has 0 radical (unpaired) electrons. The van der Waals surface area contributed by atoms with Crippen LogP contribution in [0.5, 0.6) is 11.5 Å². The number of carbonyl (C=O) groups excluding carboxylic acids is 1. The minimum atomic E-state index is 0.0109. The number of nitrogens with zero attached hydrogens (tertiary/aromatic N) is 4. The second-order valence-electron chi connectivity index (χ2n) is 7.76. The Morgan fingerprint density at radius 2 is 1.91 bits per heavy atom. The van der Waals surface area contributed by atoms with Gasteiger partial charge in [0, 0.05) is 23.4 Å². The van der Waals surface area contributed by atoms with E-state index in [4.69, 9.17) is 21.1 Å². The molecule has 2 aromatic heterocycles. The Hall–Kier alpha value is -3.10. The molecule has 9 heteroatoms. The summed E-state index contributed by atoms with van der Waals surface area (Å²) < 4.78 is 12.3. The van der Waals surface area contributed by atoms with Gasteiger partial charge in [-0.2, -0.15) is 4.98 Å². The van der Waals surface area contributed by atoms with Crippen LogP contribution in [0.2, 0.25) is 5.02 Å². The molecule has 0 unspecified atom stereocenters. The quantitative estimate of drug-likeness (QED) is 0.359. The molecular weight excluding hydrogens is 460 g/mol. The molecule has 1 atom stereocenters. The van der Waals surface area contributed by atoms with E-state index in [1.807, 2.05) is 42.5 Å². The van der Waals surface area contributed by atoms with Crippen molar-refractivity contribution in [1.29, 1.82) is 0 Å². The molecule has 33 heavy (non-hydrogen) atoms. The van der Waals surface area contributed by atoms with Gasteiger partial charge in [-0.15, -0.1) is 5.10 Å². The zero-order chi connectivity index (χ0) is 22.9. The van der Waals surface area contributed by atoms with Gasteiger partial charge in [0.1, 0.15) is 0 Å². The lowest BCUT2D eigenvalue weighted by atomic mass is 9.82. The first kappa shape index (κ1) is 21.7. The molecular formula is C24H21ClN4O3S. The van der Waals surface area contributed by atoms with E-state index in [2.05, 4.69) is 15.1 Å². The van der Waals surface area contributed by atoms with Crippen LogP contribution >= 0.6 is 23.4 Å². The van der Waals surface area contributed by atoms with Gasteiger partial charge in [-0.3, -0.25) is 4.79 Å². The zero-order valence-electron chi connectivity index (χ0n) is 18.1. The Labute approximate surface area is 200 Å². The van der Waals surface area contributed by atoms with Crippen LogP contribution in [-0.2, 0) is 12.2 Å². The maximum atomic E-state index is 13.0. The number of methoxy groups -OCH3 is 2. The number of ketones is 1. The molecule has 168 valence electrons. The normalized spacial score (nSPS) is 15.5. The van der Waals surface area contributed by atoms with Gasteiger partial charge in [-0.25, -0.2) is 9.50 Å². The first-order valence-corrected chi connectivity index (χ1v) is 11.8. The van der Waals surface area contributed by atoms with E-state index in [0.717, 1.165) is 16.8 Å². The van der Waals surface area contributed by atoms with Crippen molar-refractivity contribution in [2.24, 2.45) is 0 Å². The molecule has 4 aromatic rings. The number of carbonyl (C=O) groups is 1. The highest BCUT2D eigenvalue weighted by Gasteiger charge is 2.29. The molecule has 0 N–H and O–H groups in total. The molecule has 1 aliphatic carbocycles. The van der Waals surface area contributed by atoms with Crippen LogP contribution in [-0.4, -0.2) is 39.6 Å². The number of aromatic nitrogens is 4. The van der Waals surface area contributed by atoms with Gasteiger partial charge in [0.05, 0.1) is 25.5 Å². The molecule has 0 saturated heterocycles. The lowest BCUT2D eigenvalue weighted by Crippen LogP contribution is -2.21. The monoisotopic (exact) mass is 480 g/mol. The second kappa shape index (κ2) is 9.03. The number of thioether (sulfide) groups is 1. The van der Waals surface area contributed by atoms with Crippen molar-refractivity contribution in [2.75, 3.05) is 14.2 Å². The van der Waals surface area contributed by atoms with Crippen LogP contribution in [0.1, 0.15) is 39.5 Å². The van der Waals surface area contributed by atoms with Crippen molar-refractivity contribution in [2.45, 2.75) is 29.7 Å². The maximum absolute atomic E-state index is 13.0. The fourth-order valence-corrected chi connectivity index (χ4v) is 5.14. The third-order valence-electron chi connectivity index (χ3n) is 5.76. The molecule has 2 aromatic carbocycles. The number of hydrogen-bond acceptors (Lipinski definition) is 7. The van der Waals surface area contributed by atoms with Crippen LogP contribution < -0.4 is 9.47 Å². The molecule has 0 bridgehead atoms. The minimum Gasteiger partial charge on any atom is -0.493 e. The SMILES string of the molecule is COc1ccc([C@@H]2CC(=O)c3cn4nc(SCc5ccccc5Cl)nc4nc3C2)cc1OC. The van der Waals surface area contributed by atoms with Crippen molar-refractivity contribution >= 4 is 34.9 Å². The predicted octanol–water partition coefficient (Wildman–Crippen LogP) is 5.00. The number of benzene rings is 2. The lowest BCUT2D eigenvalue weighted by Gasteiger charge is -2.23. The third kappa shape index (κ3) is 4.28. The van der Waals surface area contributed by atoms with Gasteiger partial charge in [0.25, 0.3) is 5.78 Å². The summed E-state index contributed by atoms with van der Waals surface area (Å²) in [6.07, 6.45) is 2.79. The summed E-state index contributed by atoms with van der Waals surface area (Å²) in [5.41, 5.74) is 3.38. The Morgan fingerprint density at radius 1 is 1.09 bits per heavy atom. The summed E-state index contributed by atoms with van der Waals surface area (Å²) in [5.74, 6) is 2.50. The summed E-state index contributed by atoms with van der Waals surface area (Å²) in [6, 6.07) is 13.5. The number of rotatable bonds is 6. The number of halogens is 1. The highest BCUT2D eigenvalue weighted by atomic mass is 35.5. The van der Waals surface area contributed by atoms with Crippen molar-refractivity contribution in [3.05, 3.63) is 76.1 Å². The Kier molecular flexibility index (Phi) is 5.95. The summed E-state index contributed by atoms with van der Waals surface area (Å²) in [7, 11) is 3.21. The van der Waals surface area contributed by atoms with E-state index in [9.17, 15) is 4.79 Å². The van der Waals surface area contributed by atoms with Gasteiger partial charge in [0.15, 0.2) is 17.3 Å². The van der Waals surface area contributed by atoms with Gasteiger partial charge in [0.2, 0.25) is 5.16 Å². The van der Waals surface area contributed by atoms with Crippen molar-refractivity contribution in [3.63, 3.8) is 0 Å². The van der Waals surface area contributed by atoms with E-state index in [1.54, 1.807) is 24.9 Å². The summed E-state index contributed by atoms with van der Waals surface area (Å²) in [4.78, 5) is 22.2. The molecule has 0 saturated carbocycles. The molecule has 2 heterocycles. The fraction of sp³-hybridized carbons (Fsp3) is 0.250. The molecule has 0 fully saturated rings. The highest BCUT2D eigenvalue weighted by Crippen LogP contribution is 2.36. The van der Waals surface area contributed by atoms with E-state index in [1.165, 1.54) is 11.8 Å². The van der Waals surface area contributed by atoms with Crippen molar-refractivity contribution < 1.29 is 14.3 Å². The smallest absolute Gasteiger partial charge is 0.253 e. The number of ether oxygens (including phenoxy) is 2. The second-order valence-corrected chi connectivity index (χ2v) is 9.11. The average molecular weight is 481 g/mol. The van der Waals surface area contributed by atoms with E-state index in [-0.39, 0.29) is 11.7 Å². The van der Waals surface area contributed by atoms with Crippen molar-refractivity contribution in [3.8, 4) is 11.5 Å². The Morgan fingerprint density at radius 3 is 2.70 bits per heavy atom. The average Bonchev–Trinajstić information content (AvgIpc) is 3.23. The minimum absolute atomic E-state index is 0.0109. The van der Waals surface area contributed by atoms with Crippen LogP contribution in [0.25, 0.3) is 5.78 Å². The van der Waals surface area contributed by atoms with Gasteiger partial charge < -0.3 is 9.47 Å². The Balaban J connectivity index is 1.40. The van der Waals surface area contributed by atoms with Crippen LogP contribution in [0, 0.1) is 0 Å². The highest BCUT2D eigenvalue weighted by molar-refractivity contribution is 7.98. The first-order valence-electron chi connectivity index (χ1n) is 10.4. The molecule has 7 nitrogen and oxygen atoms in total. The van der Waals surface area contributed by atoms with Gasteiger partial charge >= 0.3 is 0 Å². The van der Waals surface area contributed by atoms with Gasteiger partial charge in [-0.1, -0.05) is 47.6 Å². The summed E-state index contributed by atoms with van der Waals surface area (Å²) in [5, 5.41) is 5.81. The fourth-order valence-electron chi connectivity index (χ4n) is 4.03. The van der Waals surface area contributed by atoms with E-state index < -0.39 is 0 Å². The largest absolute Gasteiger partial charge is 0.493 e. The number of hydrogen-bond donors (Lipinski definition) is 0. The third-order valence-corrected chi connectivity index (χ3v) is 7.01. The zero-order valence-corrected chi connectivity index (χ0v) is 19.7.